The summed E-state index contributed by atoms with van der Waals surface area (Å²) in [5.41, 5.74) is 1.38. The standard InChI is InChI=1S/C22H30N2O/c1-16(2)17(3)23-22(25)19-11-13-24(14-12-19)15-20-9-6-8-18-7-4-5-10-21(18)20/h4-10,16-17,19H,11-15H2,1-3H3,(H,23,25). The molecule has 25 heavy (non-hydrogen) atoms. The zero-order chi connectivity index (χ0) is 17.8. The fraction of sp³-hybridized carbons (Fsp3) is 0.500. The third kappa shape index (κ3) is 4.40. The van der Waals surface area contributed by atoms with E-state index in [1.807, 2.05) is 0 Å². The Hall–Kier alpha value is -1.87. The van der Waals surface area contributed by atoms with Crippen molar-refractivity contribution in [1.82, 2.24) is 10.2 Å². The number of carbonyl (C=O) groups is 1. The maximum absolute atomic E-state index is 12.4. The Bertz CT molecular complexity index is 712. The third-order valence-corrected chi connectivity index (χ3v) is 5.60. The highest BCUT2D eigenvalue weighted by Gasteiger charge is 2.26. The Morgan fingerprint density at radius 3 is 2.48 bits per heavy atom. The number of piperidine rings is 1. The molecular weight excluding hydrogens is 308 g/mol. The van der Waals surface area contributed by atoms with E-state index in [1.54, 1.807) is 0 Å². The minimum absolute atomic E-state index is 0.171. The molecule has 1 aliphatic rings. The first-order valence-electron chi connectivity index (χ1n) is 9.54. The van der Waals surface area contributed by atoms with Crippen molar-refractivity contribution in [2.75, 3.05) is 13.1 Å². The zero-order valence-electron chi connectivity index (χ0n) is 15.7. The molecule has 2 aromatic carbocycles. The average molecular weight is 338 g/mol. The van der Waals surface area contributed by atoms with Gasteiger partial charge in [-0.3, -0.25) is 9.69 Å². The maximum Gasteiger partial charge on any atom is 0.223 e. The van der Waals surface area contributed by atoms with Crippen LogP contribution in [0.15, 0.2) is 42.5 Å². The molecule has 0 aromatic heterocycles. The van der Waals surface area contributed by atoms with E-state index in [-0.39, 0.29) is 17.9 Å². The molecule has 0 saturated carbocycles. The molecule has 1 N–H and O–H groups in total. The average Bonchev–Trinajstić information content (AvgIpc) is 2.62. The highest BCUT2D eigenvalue weighted by atomic mass is 16.1. The van der Waals surface area contributed by atoms with Crippen molar-refractivity contribution in [2.45, 2.75) is 46.2 Å². The second-order valence-corrected chi connectivity index (χ2v) is 7.73. The summed E-state index contributed by atoms with van der Waals surface area (Å²) in [6, 6.07) is 15.4. The van der Waals surface area contributed by atoms with Gasteiger partial charge in [0, 0.05) is 18.5 Å². The van der Waals surface area contributed by atoms with Gasteiger partial charge in [-0.2, -0.15) is 0 Å². The number of benzene rings is 2. The molecule has 1 amide bonds. The fourth-order valence-electron chi connectivity index (χ4n) is 3.53. The first kappa shape index (κ1) is 17.9. The first-order chi connectivity index (χ1) is 12.0. The van der Waals surface area contributed by atoms with E-state index in [9.17, 15) is 4.79 Å². The normalized spacial score (nSPS) is 17.8. The van der Waals surface area contributed by atoms with Crippen molar-refractivity contribution in [1.29, 1.82) is 0 Å². The van der Waals surface area contributed by atoms with Crippen LogP contribution in [0.3, 0.4) is 0 Å². The van der Waals surface area contributed by atoms with Crippen molar-refractivity contribution in [3.05, 3.63) is 48.0 Å². The Labute approximate surface area is 151 Å². The van der Waals surface area contributed by atoms with Gasteiger partial charge in [-0.25, -0.2) is 0 Å². The topological polar surface area (TPSA) is 32.3 Å². The summed E-state index contributed by atoms with van der Waals surface area (Å²) in [6.07, 6.45) is 1.92. The molecule has 3 rings (SSSR count). The summed E-state index contributed by atoms with van der Waals surface area (Å²) in [5, 5.41) is 5.83. The Morgan fingerprint density at radius 2 is 1.76 bits per heavy atom. The summed E-state index contributed by atoms with van der Waals surface area (Å²) in [7, 11) is 0. The van der Waals surface area contributed by atoms with Crippen molar-refractivity contribution < 1.29 is 4.79 Å². The lowest BCUT2D eigenvalue weighted by Crippen LogP contribution is -2.44. The molecule has 134 valence electrons. The maximum atomic E-state index is 12.4. The van der Waals surface area contributed by atoms with E-state index in [0.29, 0.717) is 5.92 Å². The molecule has 3 heteroatoms. The largest absolute Gasteiger partial charge is 0.353 e. The van der Waals surface area contributed by atoms with Crippen molar-refractivity contribution in [3.63, 3.8) is 0 Å². The van der Waals surface area contributed by atoms with Crippen LogP contribution in [-0.2, 0) is 11.3 Å². The zero-order valence-corrected chi connectivity index (χ0v) is 15.7. The first-order valence-corrected chi connectivity index (χ1v) is 9.54. The van der Waals surface area contributed by atoms with Gasteiger partial charge in [0.2, 0.25) is 5.91 Å². The molecule has 0 spiro atoms. The summed E-state index contributed by atoms with van der Waals surface area (Å²) in [6.45, 7) is 9.36. The molecule has 2 aromatic rings. The van der Waals surface area contributed by atoms with Gasteiger partial charge in [-0.05, 0) is 55.1 Å². The molecule has 3 nitrogen and oxygen atoms in total. The van der Waals surface area contributed by atoms with E-state index >= 15 is 0 Å². The molecule has 1 heterocycles. The lowest BCUT2D eigenvalue weighted by molar-refractivity contribution is -0.127. The number of hydrogen-bond donors (Lipinski definition) is 1. The summed E-state index contributed by atoms with van der Waals surface area (Å²) < 4.78 is 0. The Kier molecular flexibility index (Phi) is 5.74. The molecule has 0 bridgehead atoms. The SMILES string of the molecule is CC(C)C(C)NC(=O)C1CCN(Cc2cccc3ccccc23)CC1. The van der Waals surface area contributed by atoms with Gasteiger partial charge >= 0.3 is 0 Å². The molecule has 1 atom stereocenters. The fourth-order valence-corrected chi connectivity index (χ4v) is 3.53. The van der Waals surface area contributed by atoms with Crippen LogP contribution in [0.4, 0.5) is 0 Å². The number of likely N-dealkylation sites (tertiary alicyclic amines) is 1. The number of carbonyl (C=O) groups excluding carboxylic acids is 1. The molecule has 1 fully saturated rings. The minimum atomic E-state index is 0.171. The lowest BCUT2D eigenvalue weighted by Gasteiger charge is -2.32. The van der Waals surface area contributed by atoms with Crippen LogP contribution in [0.25, 0.3) is 10.8 Å². The molecule has 0 radical (unpaired) electrons. The second-order valence-electron chi connectivity index (χ2n) is 7.73. The number of nitrogens with zero attached hydrogens (tertiary/aromatic N) is 1. The van der Waals surface area contributed by atoms with E-state index in [4.69, 9.17) is 0 Å². The predicted octanol–water partition coefficient (Wildman–Crippen LogP) is 4.21. The monoisotopic (exact) mass is 338 g/mol. The van der Waals surface area contributed by atoms with Gasteiger partial charge < -0.3 is 5.32 Å². The lowest BCUT2D eigenvalue weighted by atomic mass is 9.94. The molecule has 0 aliphatic carbocycles. The summed E-state index contributed by atoms with van der Waals surface area (Å²) in [4.78, 5) is 14.9. The quantitative estimate of drug-likeness (QED) is 0.885. The third-order valence-electron chi connectivity index (χ3n) is 5.60. The van der Waals surface area contributed by atoms with Gasteiger partial charge in [0.1, 0.15) is 0 Å². The highest BCUT2D eigenvalue weighted by Crippen LogP contribution is 2.23. The Balaban J connectivity index is 1.56. The molecule has 1 saturated heterocycles. The Morgan fingerprint density at radius 1 is 1.08 bits per heavy atom. The van der Waals surface area contributed by atoms with Crippen LogP contribution in [0, 0.1) is 11.8 Å². The van der Waals surface area contributed by atoms with E-state index in [2.05, 4.69) is 73.5 Å². The molecular formula is C22H30N2O. The summed E-state index contributed by atoms with van der Waals surface area (Å²) >= 11 is 0. The number of fused-ring (bicyclic) bond motifs is 1. The van der Waals surface area contributed by atoms with Crippen molar-refractivity contribution >= 4 is 16.7 Å². The summed E-state index contributed by atoms with van der Waals surface area (Å²) in [5.74, 6) is 0.895. The molecule has 1 aliphatic heterocycles. The van der Waals surface area contributed by atoms with Gasteiger partial charge in [0.15, 0.2) is 0 Å². The van der Waals surface area contributed by atoms with E-state index < -0.39 is 0 Å². The van der Waals surface area contributed by atoms with Crippen LogP contribution < -0.4 is 5.32 Å². The number of hydrogen-bond acceptors (Lipinski definition) is 2. The number of amides is 1. The number of nitrogens with one attached hydrogen (secondary N) is 1. The second kappa shape index (κ2) is 8.01. The highest BCUT2D eigenvalue weighted by molar-refractivity contribution is 5.85. The van der Waals surface area contributed by atoms with Gasteiger partial charge in [0.05, 0.1) is 0 Å². The van der Waals surface area contributed by atoms with Crippen molar-refractivity contribution in [2.24, 2.45) is 11.8 Å². The van der Waals surface area contributed by atoms with Gasteiger partial charge in [0.25, 0.3) is 0 Å². The van der Waals surface area contributed by atoms with E-state index in [1.165, 1.54) is 16.3 Å². The van der Waals surface area contributed by atoms with Crippen LogP contribution in [0.5, 0.6) is 0 Å². The van der Waals surface area contributed by atoms with Gasteiger partial charge in [-0.15, -0.1) is 0 Å². The van der Waals surface area contributed by atoms with E-state index in [0.717, 1.165) is 32.5 Å². The van der Waals surface area contributed by atoms with Crippen LogP contribution in [0.1, 0.15) is 39.2 Å². The smallest absolute Gasteiger partial charge is 0.223 e. The molecule has 1 unspecified atom stereocenters. The number of rotatable bonds is 5. The van der Waals surface area contributed by atoms with Crippen LogP contribution in [-0.4, -0.2) is 29.9 Å². The van der Waals surface area contributed by atoms with Crippen molar-refractivity contribution in [3.8, 4) is 0 Å². The minimum Gasteiger partial charge on any atom is -0.353 e. The van der Waals surface area contributed by atoms with Gasteiger partial charge in [-0.1, -0.05) is 56.3 Å². The predicted molar refractivity (Wildman–Crippen MR) is 104 cm³/mol. The van der Waals surface area contributed by atoms with Crippen LogP contribution in [0.2, 0.25) is 0 Å². The van der Waals surface area contributed by atoms with Crippen LogP contribution >= 0.6 is 0 Å².